The number of halogens is 2. The maximum absolute atomic E-state index is 13.7. The smallest absolute Gasteiger partial charge is 0.315 e. The fourth-order valence-electron chi connectivity index (χ4n) is 3.03. The molecular weight excluding hydrogens is 274 g/mol. The number of hydrogen-bond donors (Lipinski definition) is 1. The normalized spacial score (nSPS) is 34.7. The first-order valence-electron chi connectivity index (χ1n) is 6.05. The van der Waals surface area contributed by atoms with E-state index in [9.17, 15) is 13.6 Å². The largest absolute Gasteiger partial charge is 0.469 e. The lowest BCUT2D eigenvalue weighted by molar-refractivity contribution is -0.145. The molecule has 0 aromatic carbocycles. The molecular formula is C12H14F2N2O2S. The number of anilines is 1. The third-order valence-corrected chi connectivity index (χ3v) is 4.99. The van der Waals surface area contributed by atoms with Crippen molar-refractivity contribution in [3.63, 3.8) is 0 Å². The Hall–Kier alpha value is -1.24. The number of rotatable bonds is 3. The van der Waals surface area contributed by atoms with Gasteiger partial charge in [0.2, 0.25) is 0 Å². The summed E-state index contributed by atoms with van der Waals surface area (Å²) in [6, 6.07) is -0.0360. The minimum Gasteiger partial charge on any atom is -0.469 e. The van der Waals surface area contributed by atoms with Crippen LogP contribution in [0.5, 0.6) is 0 Å². The summed E-state index contributed by atoms with van der Waals surface area (Å²) < 4.78 is 31.9. The van der Waals surface area contributed by atoms with Gasteiger partial charge in [-0.1, -0.05) is 0 Å². The molecule has 2 aliphatic rings. The van der Waals surface area contributed by atoms with Crippen LogP contribution < -0.4 is 5.32 Å². The second-order valence-electron chi connectivity index (χ2n) is 5.28. The molecule has 1 heterocycles. The van der Waals surface area contributed by atoms with Gasteiger partial charge < -0.3 is 10.1 Å². The van der Waals surface area contributed by atoms with Crippen LogP contribution in [-0.4, -0.2) is 30.0 Å². The van der Waals surface area contributed by atoms with Gasteiger partial charge in [-0.3, -0.25) is 4.79 Å². The van der Waals surface area contributed by atoms with Gasteiger partial charge in [0.1, 0.15) is 5.92 Å². The van der Waals surface area contributed by atoms with Crippen LogP contribution in [-0.2, 0) is 9.53 Å². The number of aromatic nitrogens is 1. The second-order valence-corrected chi connectivity index (χ2v) is 6.14. The fourth-order valence-corrected chi connectivity index (χ4v) is 3.79. The third kappa shape index (κ3) is 1.67. The summed E-state index contributed by atoms with van der Waals surface area (Å²) in [5.41, 5.74) is -0.268. The van der Waals surface area contributed by atoms with E-state index < -0.39 is 23.2 Å². The maximum atomic E-state index is 13.7. The number of thiazole rings is 1. The molecule has 0 radical (unpaired) electrons. The average Bonchev–Trinajstić information content (AvgIpc) is 2.61. The van der Waals surface area contributed by atoms with E-state index in [4.69, 9.17) is 0 Å². The maximum Gasteiger partial charge on any atom is 0.315 e. The summed E-state index contributed by atoms with van der Waals surface area (Å²) in [7, 11) is 1.15. The molecule has 0 unspecified atom stereocenters. The van der Waals surface area contributed by atoms with E-state index in [1.165, 1.54) is 11.3 Å². The van der Waals surface area contributed by atoms with E-state index in [0.717, 1.165) is 17.9 Å². The highest BCUT2D eigenvalue weighted by molar-refractivity contribution is 7.13. The van der Waals surface area contributed by atoms with Crippen LogP contribution in [0.2, 0.25) is 0 Å². The van der Waals surface area contributed by atoms with Crippen LogP contribution in [0.15, 0.2) is 5.38 Å². The Morgan fingerprint density at radius 1 is 1.58 bits per heavy atom. The van der Waals surface area contributed by atoms with Crippen LogP contribution in [0.4, 0.5) is 13.9 Å². The molecule has 2 fully saturated rings. The molecule has 1 N–H and O–H groups in total. The Morgan fingerprint density at radius 3 is 2.79 bits per heavy atom. The molecule has 19 heavy (non-hydrogen) atoms. The van der Waals surface area contributed by atoms with Gasteiger partial charge in [-0.15, -0.1) is 11.3 Å². The molecule has 2 aliphatic carbocycles. The Labute approximate surface area is 113 Å². The van der Waals surface area contributed by atoms with E-state index in [1.807, 2.05) is 12.3 Å². The van der Waals surface area contributed by atoms with Crippen molar-refractivity contribution in [1.82, 2.24) is 4.98 Å². The first-order chi connectivity index (χ1) is 8.90. The number of aryl methyl sites for hydroxylation is 1. The van der Waals surface area contributed by atoms with E-state index in [1.54, 1.807) is 0 Å². The van der Waals surface area contributed by atoms with E-state index in [-0.39, 0.29) is 6.04 Å². The standard InChI is InChI=1S/C12H14F2N2O2S/c1-6-5-19-10(15-6)16-7-3-11(4-7)8(9(17)18-2)12(11,13)14/h5,7-8H,3-4H2,1-2H3,(H,15,16)/t7?,8-,11?/m0/s1. The minimum atomic E-state index is -2.92. The summed E-state index contributed by atoms with van der Waals surface area (Å²) >= 11 is 1.46. The lowest BCUT2D eigenvalue weighted by atomic mass is 9.74. The number of esters is 1. The molecule has 4 nitrogen and oxygen atoms in total. The number of alkyl halides is 2. The zero-order chi connectivity index (χ0) is 13.8. The average molecular weight is 288 g/mol. The molecule has 3 rings (SSSR count). The number of nitrogens with one attached hydrogen (secondary N) is 1. The lowest BCUT2D eigenvalue weighted by Gasteiger charge is -2.36. The molecule has 0 aliphatic heterocycles. The monoisotopic (exact) mass is 288 g/mol. The highest BCUT2D eigenvalue weighted by atomic mass is 32.1. The molecule has 1 aromatic heterocycles. The minimum absolute atomic E-state index is 0.0360. The van der Waals surface area contributed by atoms with Crippen molar-refractivity contribution in [2.24, 2.45) is 11.3 Å². The zero-order valence-corrected chi connectivity index (χ0v) is 11.4. The van der Waals surface area contributed by atoms with Gasteiger partial charge in [0.25, 0.3) is 5.92 Å². The number of carbonyl (C=O) groups excluding carboxylic acids is 1. The van der Waals surface area contributed by atoms with Crippen molar-refractivity contribution < 1.29 is 18.3 Å². The fraction of sp³-hybridized carbons (Fsp3) is 0.667. The van der Waals surface area contributed by atoms with Gasteiger partial charge in [-0.25, -0.2) is 13.8 Å². The van der Waals surface area contributed by atoms with Crippen LogP contribution in [0.25, 0.3) is 0 Å². The Balaban J connectivity index is 1.62. The number of carbonyl (C=O) groups is 1. The van der Waals surface area contributed by atoms with E-state index in [0.29, 0.717) is 12.8 Å². The Morgan fingerprint density at radius 2 is 2.26 bits per heavy atom. The molecule has 104 valence electrons. The van der Waals surface area contributed by atoms with Gasteiger partial charge in [0, 0.05) is 11.4 Å². The van der Waals surface area contributed by atoms with Gasteiger partial charge >= 0.3 is 5.97 Å². The number of ether oxygens (including phenoxy) is 1. The van der Waals surface area contributed by atoms with Crippen molar-refractivity contribution in [3.05, 3.63) is 11.1 Å². The lowest BCUT2D eigenvalue weighted by Crippen LogP contribution is -2.41. The molecule has 0 amide bonds. The van der Waals surface area contributed by atoms with Crippen LogP contribution >= 0.6 is 11.3 Å². The summed E-state index contributed by atoms with van der Waals surface area (Å²) in [4.78, 5) is 15.6. The van der Waals surface area contributed by atoms with Crippen LogP contribution in [0, 0.1) is 18.3 Å². The number of nitrogens with zero attached hydrogens (tertiary/aromatic N) is 1. The van der Waals surface area contributed by atoms with Crippen molar-refractivity contribution in [2.45, 2.75) is 31.7 Å². The molecule has 1 atom stereocenters. The van der Waals surface area contributed by atoms with Crippen LogP contribution in [0.3, 0.4) is 0 Å². The molecule has 0 saturated heterocycles. The zero-order valence-electron chi connectivity index (χ0n) is 10.6. The molecule has 7 heteroatoms. The van der Waals surface area contributed by atoms with Crippen LogP contribution in [0.1, 0.15) is 18.5 Å². The van der Waals surface area contributed by atoms with Crippen molar-refractivity contribution >= 4 is 22.4 Å². The third-order valence-electron chi connectivity index (χ3n) is 4.10. The summed E-state index contributed by atoms with van der Waals surface area (Å²) in [5.74, 6) is -4.98. The summed E-state index contributed by atoms with van der Waals surface area (Å²) in [6.07, 6.45) is 0.580. The summed E-state index contributed by atoms with van der Waals surface area (Å²) in [5, 5.41) is 5.78. The van der Waals surface area contributed by atoms with Gasteiger partial charge in [-0.05, 0) is 19.8 Å². The predicted octanol–water partition coefficient (Wildman–Crippen LogP) is 2.45. The van der Waals surface area contributed by atoms with Gasteiger partial charge in [0.05, 0.1) is 18.2 Å². The highest BCUT2D eigenvalue weighted by Crippen LogP contribution is 2.75. The van der Waals surface area contributed by atoms with Gasteiger partial charge in [0.15, 0.2) is 5.13 Å². The van der Waals surface area contributed by atoms with E-state index >= 15 is 0 Å². The molecule has 1 spiro atoms. The molecule has 2 saturated carbocycles. The highest BCUT2D eigenvalue weighted by Gasteiger charge is 2.87. The van der Waals surface area contributed by atoms with Crippen molar-refractivity contribution in [3.8, 4) is 0 Å². The van der Waals surface area contributed by atoms with Gasteiger partial charge in [-0.2, -0.15) is 0 Å². The van der Waals surface area contributed by atoms with Crippen molar-refractivity contribution in [1.29, 1.82) is 0 Å². The van der Waals surface area contributed by atoms with Crippen molar-refractivity contribution in [2.75, 3.05) is 12.4 Å². The SMILES string of the molecule is COC(=O)[C@@H]1C(F)(F)C12CC(Nc1nc(C)cs1)C2. The summed E-state index contributed by atoms with van der Waals surface area (Å²) in [6.45, 7) is 1.88. The number of hydrogen-bond acceptors (Lipinski definition) is 5. The molecule has 1 aromatic rings. The molecule has 0 bridgehead atoms. The topological polar surface area (TPSA) is 51.2 Å². The first-order valence-corrected chi connectivity index (χ1v) is 6.93. The quantitative estimate of drug-likeness (QED) is 0.868. The Kier molecular flexibility index (Phi) is 2.61. The Bertz CT molecular complexity index is 526. The first kappa shape index (κ1) is 12.8. The second kappa shape index (κ2) is 3.88. The number of methoxy groups -OCH3 is 1. The van der Waals surface area contributed by atoms with E-state index in [2.05, 4.69) is 15.0 Å². The predicted molar refractivity (Wildman–Crippen MR) is 66.4 cm³/mol.